The Labute approximate surface area is 94.2 Å². The lowest BCUT2D eigenvalue weighted by molar-refractivity contribution is 0.134. The lowest BCUT2D eigenvalue weighted by Gasteiger charge is -2.19. The van der Waals surface area contributed by atoms with Gasteiger partial charge in [0.05, 0.1) is 18.1 Å². The standard InChI is InChI=1S/C13H14N2O/c16-11-9-4-2-1-3-8(9)10-7-13(10,11)12-14-5-6-15-12/h1-4,10-11,16H,5-7H2,(H,14,15)/t10?,11-,13?/m1/s1. The minimum absolute atomic E-state index is 0.0970. The molecule has 0 amide bonds. The minimum atomic E-state index is -0.363. The molecule has 0 bridgehead atoms. The van der Waals surface area contributed by atoms with Crippen molar-refractivity contribution in [1.29, 1.82) is 0 Å². The van der Waals surface area contributed by atoms with Crippen molar-refractivity contribution in [2.24, 2.45) is 10.4 Å². The molecule has 82 valence electrons. The molecule has 3 heteroatoms. The van der Waals surface area contributed by atoms with Crippen LogP contribution in [0.25, 0.3) is 0 Å². The van der Waals surface area contributed by atoms with Crippen molar-refractivity contribution in [3.63, 3.8) is 0 Å². The normalized spacial score (nSPS) is 38.7. The zero-order valence-corrected chi connectivity index (χ0v) is 8.98. The van der Waals surface area contributed by atoms with Crippen molar-refractivity contribution in [2.45, 2.75) is 18.4 Å². The molecule has 1 fully saturated rings. The average Bonchev–Trinajstić information content (AvgIpc) is 2.73. The Morgan fingerprint density at radius 2 is 2.12 bits per heavy atom. The maximum Gasteiger partial charge on any atom is 0.106 e. The molecule has 3 nitrogen and oxygen atoms in total. The van der Waals surface area contributed by atoms with Crippen LogP contribution in [0.5, 0.6) is 0 Å². The number of nitrogens with zero attached hydrogens (tertiary/aromatic N) is 1. The van der Waals surface area contributed by atoms with Crippen LogP contribution >= 0.6 is 0 Å². The van der Waals surface area contributed by atoms with E-state index in [1.54, 1.807) is 0 Å². The highest BCUT2D eigenvalue weighted by Crippen LogP contribution is 2.72. The highest BCUT2D eigenvalue weighted by Gasteiger charge is 2.68. The maximum atomic E-state index is 10.5. The van der Waals surface area contributed by atoms with E-state index in [1.807, 2.05) is 12.1 Å². The first kappa shape index (κ1) is 8.76. The van der Waals surface area contributed by atoms with Gasteiger partial charge < -0.3 is 10.4 Å². The highest BCUT2D eigenvalue weighted by molar-refractivity contribution is 5.95. The van der Waals surface area contributed by atoms with Crippen molar-refractivity contribution >= 4 is 5.84 Å². The molecule has 1 heterocycles. The summed E-state index contributed by atoms with van der Waals surface area (Å²) in [7, 11) is 0. The lowest BCUT2D eigenvalue weighted by Crippen LogP contribution is -2.32. The topological polar surface area (TPSA) is 44.6 Å². The molecule has 4 rings (SSSR count). The number of hydrogen-bond donors (Lipinski definition) is 2. The van der Waals surface area contributed by atoms with Crippen molar-refractivity contribution < 1.29 is 5.11 Å². The van der Waals surface area contributed by atoms with Gasteiger partial charge in [0.2, 0.25) is 0 Å². The van der Waals surface area contributed by atoms with Crippen molar-refractivity contribution in [1.82, 2.24) is 5.32 Å². The van der Waals surface area contributed by atoms with Crippen LogP contribution < -0.4 is 5.32 Å². The zero-order valence-electron chi connectivity index (χ0n) is 8.98. The largest absolute Gasteiger partial charge is 0.387 e. The van der Waals surface area contributed by atoms with Crippen LogP contribution in [0.2, 0.25) is 0 Å². The Kier molecular flexibility index (Phi) is 1.46. The molecule has 2 aliphatic carbocycles. The Morgan fingerprint density at radius 3 is 2.81 bits per heavy atom. The van der Waals surface area contributed by atoms with Gasteiger partial charge >= 0.3 is 0 Å². The summed E-state index contributed by atoms with van der Waals surface area (Å²) in [6, 6.07) is 8.26. The third kappa shape index (κ3) is 0.824. The minimum Gasteiger partial charge on any atom is -0.387 e. The van der Waals surface area contributed by atoms with Gasteiger partial charge in [0, 0.05) is 12.5 Å². The number of hydrogen-bond acceptors (Lipinski definition) is 3. The van der Waals surface area contributed by atoms with Gasteiger partial charge in [-0.25, -0.2) is 0 Å². The van der Waals surface area contributed by atoms with Gasteiger partial charge in [-0.15, -0.1) is 0 Å². The van der Waals surface area contributed by atoms with E-state index in [0.717, 1.165) is 30.9 Å². The van der Waals surface area contributed by atoms with Crippen LogP contribution in [0.15, 0.2) is 29.3 Å². The first-order valence-electron chi connectivity index (χ1n) is 5.90. The van der Waals surface area contributed by atoms with E-state index in [1.165, 1.54) is 5.56 Å². The van der Waals surface area contributed by atoms with Gasteiger partial charge in [-0.2, -0.15) is 0 Å². The summed E-state index contributed by atoms with van der Waals surface area (Å²) >= 11 is 0. The van der Waals surface area contributed by atoms with Gasteiger partial charge in [0.25, 0.3) is 0 Å². The van der Waals surface area contributed by atoms with Crippen LogP contribution in [0.3, 0.4) is 0 Å². The molecule has 3 aliphatic rings. The number of aliphatic hydroxyl groups excluding tert-OH is 1. The molecule has 2 N–H and O–H groups in total. The van der Waals surface area contributed by atoms with Crippen LogP contribution in [0.4, 0.5) is 0 Å². The van der Waals surface area contributed by atoms with Crippen LogP contribution in [-0.4, -0.2) is 24.0 Å². The molecule has 1 aromatic rings. The summed E-state index contributed by atoms with van der Waals surface area (Å²) in [5, 5.41) is 13.8. The predicted octanol–water partition coefficient (Wildman–Crippen LogP) is 1.21. The van der Waals surface area contributed by atoms with Gasteiger partial charge in [-0.1, -0.05) is 24.3 Å². The smallest absolute Gasteiger partial charge is 0.106 e. The summed E-state index contributed by atoms with van der Waals surface area (Å²) in [6.45, 7) is 1.78. The Balaban J connectivity index is 1.83. The number of nitrogens with one attached hydrogen (secondary N) is 1. The molecule has 3 atom stereocenters. The third-order valence-corrected chi connectivity index (χ3v) is 4.27. The Morgan fingerprint density at radius 1 is 1.31 bits per heavy atom. The molecule has 2 unspecified atom stereocenters. The molecule has 0 saturated heterocycles. The SMILES string of the molecule is O[C@@H]1c2ccccc2C2CC21C1=NCCN1. The Bertz CT molecular complexity index is 481. The van der Waals surface area contributed by atoms with E-state index in [-0.39, 0.29) is 11.5 Å². The number of fused-ring (bicyclic) bond motifs is 3. The van der Waals surface area contributed by atoms with Crippen molar-refractivity contribution in [3.05, 3.63) is 35.4 Å². The van der Waals surface area contributed by atoms with Gasteiger partial charge in [0.1, 0.15) is 5.84 Å². The van der Waals surface area contributed by atoms with E-state index in [9.17, 15) is 5.11 Å². The van der Waals surface area contributed by atoms with Gasteiger partial charge in [-0.3, -0.25) is 4.99 Å². The maximum absolute atomic E-state index is 10.5. The summed E-state index contributed by atoms with van der Waals surface area (Å²) in [5.74, 6) is 1.53. The van der Waals surface area contributed by atoms with E-state index in [2.05, 4.69) is 22.4 Å². The predicted molar refractivity (Wildman–Crippen MR) is 61.5 cm³/mol. The second kappa shape index (κ2) is 2.66. The van der Waals surface area contributed by atoms with Gasteiger partial charge in [0.15, 0.2) is 0 Å². The molecular formula is C13H14N2O. The molecule has 1 aromatic carbocycles. The molecule has 1 aliphatic heterocycles. The average molecular weight is 214 g/mol. The van der Waals surface area contributed by atoms with E-state index in [0.29, 0.717) is 5.92 Å². The molecule has 0 radical (unpaired) electrons. The molecule has 0 spiro atoms. The molecule has 0 aromatic heterocycles. The summed E-state index contributed by atoms with van der Waals surface area (Å²) in [4.78, 5) is 4.51. The quantitative estimate of drug-likeness (QED) is 0.738. The fourth-order valence-corrected chi connectivity index (χ4v) is 3.42. The number of rotatable bonds is 1. The fraction of sp³-hybridized carbons (Fsp3) is 0.462. The Hall–Kier alpha value is -1.35. The number of amidine groups is 1. The fourth-order valence-electron chi connectivity index (χ4n) is 3.42. The van der Waals surface area contributed by atoms with E-state index >= 15 is 0 Å². The second-order valence-electron chi connectivity index (χ2n) is 4.99. The molecular weight excluding hydrogens is 200 g/mol. The lowest BCUT2D eigenvalue weighted by atomic mass is 9.96. The first-order valence-corrected chi connectivity index (χ1v) is 5.90. The molecule has 1 saturated carbocycles. The second-order valence-corrected chi connectivity index (χ2v) is 4.99. The van der Waals surface area contributed by atoms with Crippen molar-refractivity contribution in [2.75, 3.05) is 13.1 Å². The number of aliphatic hydroxyl groups is 1. The summed E-state index contributed by atoms with van der Waals surface area (Å²) in [6.07, 6.45) is 0.690. The van der Waals surface area contributed by atoms with Crippen molar-refractivity contribution in [3.8, 4) is 0 Å². The van der Waals surface area contributed by atoms with Gasteiger partial charge in [-0.05, 0) is 17.5 Å². The third-order valence-electron chi connectivity index (χ3n) is 4.27. The summed E-state index contributed by atoms with van der Waals surface area (Å²) < 4.78 is 0. The molecule has 16 heavy (non-hydrogen) atoms. The van der Waals surface area contributed by atoms with E-state index in [4.69, 9.17) is 0 Å². The number of benzene rings is 1. The highest BCUT2D eigenvalue weighted by atomic mass is 16.3. The zero-order chi connectivity index (χ0) is 10.8. The van der Waals surface area contributed by atoms with Crippen LogP contribution in [0, 0.1) is 5.41 Å². The van der Waals surface area contributed by atoms with E-state index < -0.39 is 0 Å². The number of aliphatic imine (C=N–C) groups is 1. The van der Waals surface area contributed by atoms with Crippen LogP contribution in [0.1, 0.15) is 29.6 Å². The van der Waals surface area contributed by atoms with Crippen LogP contribution in [-0.2, 0) is 0 Å². The summed E-state index contributed by atoms with van der Waals surface area (Å²) in [5.41, 5.74) is 2.33. The monoisotopic (exact) mass is 214 g/mol. The first-order chi connectivity index (χ1) is 7.84.